The molecule has 0 aliphatic heterocycles. The van der Waals surface area contributed by atoms with Gasteiger partial charge in [-0.25, -0.2) is 14.3 Å². The zero-order valence-corrected chi connectivity index (χ0v) is 11.4. The molecule has 2 heterocycles. The average Bonchev–Trinajstić information content (AvgIpc) is 2.90. The fourth-order valence-electron chi connectivity index (χ4n) is 2.02. The number of aromatic carboxylic acids is 1. The number of rotatable bonds is 4. The molecule has 1 aromatic carbocycles. The third kappa shape index (κ3) is 2.69. The summed E-state index contributed by atoms with van der Waals surface area (Å²) in [4.78, 5) is 15.0. The van der Waals surface area contributed by atoms with Gasteiger partial charge >= 0.3 is 5.97 Å². The number of ether oxygens (including phenoxy) is 1. The first-order valence-corrected chi connectivity index (χ1v) is 6.41. The lowest BCUT2D eigenvalue weighted by atomic mass is 10.2. The van der Waals surface area contributed by atoms with E-state index in [1.165, 1.54) is 6.07 Å². The minimum Gasteiger partial charge on any atom is -0.477 e. The number of nitrogens with zero attached hydrogens (tertiary/aromatic N) is 3. The number of carboxylic acid groups (broad SMARTS) is 1. The minimum absolute atomic E-state index is 0.00508. The van der Waals surface area contributed by atoms with Gasteiger partial charge in [-0.3, -0.25) is 0 Å². The highest BCUT2D eigenvalue weighted by atomic mass is 16.5. The lowest BCUT2D eigenvalue weighted by Crippen LogP contribution is -2.05. The van der Waals surface area contributed by atoms with E-state index in [0.717, 1.165) is 5.56 Å². The van der Waals surface area contributed by atoms with Gasteiger partial charge in [0.25, 0.3) is 0 Å². The first-order valence-electron chi connectivity index (χ1n) is 6.41. The highest BCUT2D eigenvalue weighted by molar-refractivity contribution is 5.86. The van der Waals surface area contributed by atoms with E-state index in [1.807, 2.05) is 30.3 Å². The van der Waals surface area contributed by atoms with Crippen LogP contribution in [0, 0.1) is 6.92 Å². The molecule has 106 valence electrons. The molecule has 2 aromatic heterocycles. The third-order valence-electron chi connectivity index (χ3n) is 3.03. The van der Waals surface area contributed by atoms with Gasteiger partial charge in [0.2, 0.25) is 5.88 Å². The van der Waals surface area contributed by atoms with Crippen molar-refractivity contribution in [1.29, 1.82) is 0 Å². The lowest BCUT2D eigenvalue weighted by molar-refractivity contribution is 0.0690. The second kappa shape index (κ2) is 5.24. The van der Waals surface area contributed by atoms with Crippen molar-refractivity contribution < 1.29 is 14.6 Å². The summed E-state index contributed by atoms with van der Waals surface area (Å²) in [6, 6.07) is 12.8. The van der Waals surface area contributed by atoms with Crippen LogP contribution < -0.4 is 4.74 Å². The molecule has 6 heteroatoms. The Balaban J connectivity index is 1.87. The van der Waals surface area contributed by atoms with Crippen LogP contribution in [0.2, 0.25) is 0 Å². The normalized spacial score (nSPS) is 10.7. The molecule has 21 heavy (non-hydrogen) atoms. The van der Waals surface area contributed by atoms with Gasteiger partial charge < -0.3 is 9.84 Å². The average molecular weight is 283 g/mol. The van der Waals surface area contributed by atoms with Gasteiger partial charge in [0.15, 0.2) is 11.3 Å². The lowest BCUT2D eigenvalue weighted by Gasteiger charge is -2.02. The van der Waals surface area contributed by atoms with E-state index in [1.54, 1.807) is 17.5 Å². The predicted molar refractivity (Wildman–Crippen MR) is 75.5 cm³/mol. The molecule has 0 aliphatic rings. The third-order valence-corrected chi connectivity index (χ3v) is 3.03. The summed E-state index contributed by atoms with van der Waals surface area (Å²) in [5.41, 5.74) is 2.17. The predicted octanol–water partition coefficient (Wildman–Crippen LogP) is 2.31. The Labute approximate surface area is 120 Å². The van der Waals surface area contributed by atoms with Gasteiger partial charge in [-0.15, -0.1) is 5.10 Å². The molecule has 6 nitrogen and oxygen atoms in total. The Bertz CT molecular complexity index is 797. The molecule has 0 aliphatic carbocycles. The summed E-state index contributed by atoms with van der Waals surface area (Å²) in [6.07, 6.45) is 0. The van der Waals surface area contributed by atoms with E-state index in [-0.39, 0.29) is 5.69 Å². The van der Waals surface area contributed by atoms with Gasteiger partial charge in [-0.05, 0) is 18.6 Å². The molecule has 1 N–H and O–H groups in total. The molecule has 3 rings (SSSR count). The number of hydrogen-bond acceptors (Lipinski definition) is 4. The highest BCUT2D eigenvalue weighted by Crippen LogP contribution is 2.16. The molecule has 0 amide bonds. The van der Waals surface area contributed by atoms with Crippen molar-refractivity contribution in [2.75, 3.05) is 0 Å². The maximum absolute atomic E-state index is 11.0. The van der Waals surface area contributed by atoms with Gasteiger partial charge in [0.05, 0.1) is 0 Å². The Morgan fingerprint density at radius 2 is 2.05 bits per heavy atom. The van der Waals surface area contributed by atoms with Gasteiger partial charge in [-0.2, -0.15) is 0 Å². The number of hydrogen-bond donors (Lipinski definition) is 1. The molecule has 0 fully saturated rings. The van der Waals surface area contributed by atoms with Crippen LogP contribution in [0.5, 0.6) is 5.88 Å². The first-order chi connectivity index (χ1) is 10.1. The summed E-state index contributed by atoms with van der Waals surface area (Å²) in [5.74, 6) is -0.648. The van der Waals surface area contributed by atoms with Crippen molar-refractivity contribution in [2.24, 2.45) is 0 Å². The molecule has 0 saturated carbocycles. The van der Waals surface area contributed by atoms with Crippen molar-refractivity contribution in [3.63, 3.8) is 0 Å². The maximum atomic E-state index is 11.0. The van der Waals surface area contributed by atoms with Crippen LogP contribution in [0.3, 0.4) is 0 Å². The Morgan fingerprint density at radius 3 is 2.76 bits per heavy atom. The zero-order chi connectivity index (χ0) is 14.8. The molecule has 0 saturated heterocycles. The van der Waals surface area contributed by atoms with Crippen molar-refractivity contribution in [2.45, 2.75) is 13.5 Å². The Kier molecular flexibility index (Phi) is 3.27. The summed E-state index contributed by atoms with van der Waals surface area (Å²) in [6.45, 7) is 2.17. The molecular formula is C15H13N3O3. The fourth-order valence-corrected chi connectivity index (χ4v) is 2.02. The van der Waals surface area contributed by atoms with Crippen LogP contribution >= 0.6 is 0 Å². The summed E-state index contributed by atoms with van der Waals surface area (Å²) >= 11 is 0. The number of benzene rings is 1. The number of carboxylic acids is 1. The monoisotopic (exact) mass is 283 g/mol. The minimum atomic E-state index is -1.06. The highest BCUT2D eigenvalue weighted by Gasteiger charge is 2.11. The number of fused-ring (bicyclic) bond motifs is 1. The molecule has 0 unspecified atom stereocenters. The van der Waals surface area contributed by atoms with E-state index in [4.69, 9.17) is 9.84 Å². The fraction of sp³-hybridized carbons (Fsp3) is 0.133. The smallest absolute Gasteiger partial charge is 0.354 e. The summed E-state index contributed by atoms with van der Waals surface area (Å²) in [5, 5.41) is 13.3. The first kappa shape index (κ1) is 13.1. The molecule has 0 bridgehead atoms. The van der Waals surface area contributed by atoms with Gasteiger partial charge in [0, 0.05) is 11.8 Å². The van der Waals surface area contributed by atoms with E-state index in [0.29, 0.717) is 23.8 Å². The second-order valence-corrected chi connectivity index (χ2v) is 4.61. The SMILES string of the molecule is Cc1cc(C(=O)O)nc2cc(OCc3ccccc3)nn12. The van der Waals surface area contributed by atoms with Crippen molar-refractivity contribution >= 4 is 11.6 Å². The van der Waals surface area contributed by atoms with E-state index in [2.05, 4.69) is 10.1 Å². The number of aromatic nitrogens is 3. The summed E-state index contributed by atoms with van der Waals surface area (Å²) in [7, 11) is 0. The van der Waals surface area contributed by atoms with E-state index in [9.17, 15) is 4.79 Å². The molecule has 3 aromatic rings. The number of aryl methyl sites for hydroxylation is 1. The molecule has 0 spiro atoms. The molecule has 0 radical (unpaired) electrons. The van der Waals surface area contributed by atoms with Crippen LogP contribution in [0.1, 0.15) is 21.7 Å². The molecular weight excluding hydrogens is 270 g/mol. The van der Waals surface area contributed by atoms with Crippen LogP contribution in [-0.2, 0) is 6.61 Å². The quantitative estimate of drug-likeness (QED) is 0.795. The van der Waals surface area contributed by atoms with Crippen LogP contribution in [-0.4, -0.2) is 25.7 Å². The Hall–Kier alpha value is -2.89. The largest absolute Gasteiger partial charge is 0.477 e. The van der Waals surface area contributed by atoms with Crippen LogP contribution in [0.25, 0.3) is 5.65 Å². The van der Waals surface area contributed by atoms with Crippen molar-refractivity contribution in [3.05, 3.63) is 59.4 Å². The second-order valence-electron chi connectivity index (χ2n) is 4.61. The van der Waals surface area contributed by atoms with E-state index < -0.39 is 5.97 Å². The van der Waals surface area contributed by atoms with Crippen LogP contribution in [0.15, 0.2) is 42.5 Å². The standard InChI is InChI=1S/C15H13N3O3/c1-10-7-12(15(19)20)16-13-8-14(17-18(10)13)21-9-11-5-3-2-4-6-11/h2-8H,9H2,1H3,(H,19,20). The van der Waals surface area contributed by atoms with Crippen molar-refractivity contribution in [1.82, 2.24) is 14.6 Å². The van der Waals surface area contributed by atoms with E-state index >= 15 is 0 Å². The topological polar surface area (TPSA) is 76.7 Å². The summed E-state index contributed by atoms with van der Waals surface area (Å²) < 4.78 is 7.18. The zero-order valence-electron chi connectivity index (χ0n) is 11.4. The maximum Gasteiger partial charge on any atom is 0.354 e. The van der Waals surface area contributed by atoms with Gasteiger partial charge in [0.1, 0.15) is 6.61 Å². The Morgan fingerprint density at radius 1 is 1.29 bits per heavy atom. The number of carbonyl (C=O) groups is 1. The van der Waals surface area contributed by atoms with Gasteiger partial charge in [-0.1, -0.05) is 30.3 Å². The van der Waals surface area contributed by atoms with Crippen LogP contribution in [0.4, 0.5) is 0 Å². The van der Waals surface area contributed by atoms with Crippen molar-refractivity contribution in [3.8, 4) is 5.88 Å². The molecule has 0 atom stereocenters.